The van der Waals surface area contributed by atoms with E-state index in [1.807, 2.05) is 0 Å². The van der Waals surface area contributed by atoms with Crippen LogP contribution >= 0.6 is 0 Å². The molecule has 0 bridgehead atoms. The Balaban J connectivity index is 1.58. The van der Waals surface area contributed by atoms with Crippen LogP contribution in [0.25, 0.3) is 0 Å². The van der Waals surface area contributed by atoms with E-state index in [0.29, 0.717) is 23.8 Å². The number of ether oxygens (including phenoxy) is 2. The van der Waals surface area contributed by atoms with Gasteiger partial charge in [-0.3, -0.25) is 0 Å². The molecule has 3 heteroatoms. The third kappa shape index (κ3) is 4.11. The van der Waals surface area contributed by atoms with Crippen LogP contribution in [0.5, 0.6) is 5.75 Å². The molecule has 1 aliphatic heterocycles. The Morgan fingerprint density at radius 2 is 1.91 bits per heavy atom. The van der Waals surface area contributed by atoms with Crippen molar-refractivity contribution < 1.29 is 13.9 Å². The van der Waals surface area contributed by atoms with E-state index in [0.717, 1.165) is 18.6 Å². The zero-order chi connectivity index (χ0) is 16.2. The number of aryl methyl sites for hydroxylation is 1. The normalized spacial score (nSPS) is 21.2. The molecule has 1 heterocycles. The highest BCUT2D eigenvalue weighted by molar-refractivity contribution is 5.29. The van der Waals surface area contributed by atoms with Crippen LogP contribution in [0.15, 0.2) is 42.5 Å². The number of rotatable bonds is 4. The number of benzene rings is 2. The Hall–Kier alpha value is -1.87. The van der Waals surface area contributed by atoms with Gasteiger partial charge in [-0.05, 0) is 48.4 Å². The molecule has 1 aliphatic rings. The molecule has 0 saturated carbocycles. The third-order valence-electron chi connectivity index (χ3n) is 4.40. The van der Waals surface area contributed by atoms with Crippen LogP contribution in [-0.2, 0) is 11.3 Å². The summed E-state index contributed by atoms with van der Waals surface area (Å²) in [5.74, 6) is 0.983. The molecular weight excluding hydrogens is 291 g/mol. The fourth-order valence-corrected chi connectivity index (χ4v) is 2.80. The van der Waals surface area contributed by atoms with E-state index in [1.54, 1.807) is 19.1 Å². The van der Waals surface area contributed by atoms with Crippen molar-refractivity contribution in [3.63, 3.8) is 0 Å². The van der Waals surface area contributed by atoms with Crippen molar-refractivity contribution in [2.45, 2.75) is 39.4 Å². The second-order valence-corrected chi connectivity index (χ2v) is 6.45. The largest absolute Gasteiger partial charge is 0.489 e. The number of halogens is 1. The molecule has 0 amide bonds. The molecule has 2 aromatic carbocycles. The highest BCUT2D eigenvalue weighted by Gasteiger charge is 2.19. The summed E-state index contributed by atoms with van der Waals surface area (Å²) in [7, 11) is 0. The van der Waals surface area contributed by atoms with Gasteiger partial charge in [0.1, 0.15) is 18.2 Å². The molecule has 2 unspecified atom stereocenters. The molecule has 0 radical (unpaired) electrons. The van der Waals surface area contributed by atoms with Crippen molar-refractivity contribution in [2.75, 3.05) is 6.61 Å². The molecule has 1 fully saturated rings. The standard InChI is InChI=1S/C20H23FO2/c1-14-3-10-20(23-12-14)17-7-5-16(6-8-17)13-22-18-9-4-15(2)19(21)11-18/h4-9,11,14,20H,3,10,12-13H2,1-2H3. The lowest BCUT2D eigenvalue weighted by Gasteiger charge is -2.27. The van der Waals surface area contributed by atoms with Crippen molar-refractivity contribution in [3.05, 3.63) is 65.0 Å². The van der Waals surface area contributed by atoms with Crippen LogP contribution in [0.1, 0.15) is 42.6 Å². The Labute approximate surface area is 137 Å². The van der Waals surface area contributed by atoms with Crippen LogP contribution in [0.3, 0.4) is 0 Å². The van der Waals surface area contributed by atoms with Gasteiger partial charge in [-0.2, -0.15) is 0 Å². The first-order valence-corrected chi connectivity index (χ1v) is 8.21. The Bertz CT molecular complexity index is 643. The van der Waals surface area contributed by atoms with Gasteiger partial charge in [-0.15, -0.1) is 0 Å². The smallest absolute Gasteiger partial charge is 0.129 e. The Kier molecular flexibility index (Phi) is 4.97. The molecule has 0 N–H and O–H groups in total. The first-order chi connectivity index (χ1) is 11.1. The van der Waals surface area contributed by atoms with Crippen LogP contribution in [-0.4, -0.2) is 6.61 Å². The van der Waals surface area contributed by atoms with Crippen molar-refractivity contribution in [1.82, 2.24) is 0 Å². The molecule has 23 heavy (non-hydrogen) atoms. The number of hydrogen-bond donors (Lipinski definition) is 0. The van der Waals surface area contributed by atoms with Gasteiger partial charge in [0.15, 0.2) is 0 Å². The third-order valence-corrected chi connectivity index (χ3v) is 4.40. The fourth-order valence-electron chi connectivity index (χ4n) is 2.80. The van der Waals surface area contributed by atoms with Crippen LogP contribution in [0.2, 0.25) is 0 Å². The SMILES string of the molecule is Cc1ccc(OCc2ccc(C3CCC(C)CO3)cc2)cc1F. The zero-order valence-electron chi connectivity index (χ0n) is 13.7. The molecule has 0 aromatic heterocycles. The molecule has 2 atom stereocenters. The highest BCUT2D eigenvalue weighted by atomic mass is 19.1. The Morgan fingerprint density at radius 1 is 1.13 bits per heavy atom. The van der Waals surface area contributed by atoms with Gasteiger partial charge in [0, 0.05) is 12.7 Å². The molecule has 2 nitrogen and oxygen atoms in total. The topological polar surface area (TPSA) is 18.5 Å². The lowest BCUT2D eigenvalue weighted by Crippen LogP contribution is -2.18. The summed E-state index contributed by atoms with van der Waals surface area (Å²) >= 11 is 0. The van der Waals surface area contributed by atoms with Gasteiger partial charge < -0.3 is 9.47 Å². The maximum absolute atomic E-state index is 13.5. The summed E-state index contributed by atoms with van der Waals surface area (Å²) in [6.07, 6.45) is 2.51. The first-order valence-electron chi connectivity index (χ1n) is 8.21. The lowest BCUT2D eigenvalue weighted by atomic mass is 9.95. The second kappa shape index (κ2) is 7.14. The molecule has 3 rings (SSSR count). The quantitative estimate of drug-likeness (QED) is 0.772. The fraction of sp³-hybridized carbons (Fsp3) is 0.400. The van der Waals surface area contributed by atoms with E-state index in [9.17, 15) is 4.39 Å². The van der Waals surface area contributed by atoms with Crippen LogP contribution < -0.4 is 4.74 Å². The van der Waals surface area contributed by atoms with Gasteiger partial charge in [0.25, 0.3) is 0 Å². The van der Waals surface area contributed by atoms with Gasteiger partial charge in [0.05, 0.1) is 6.10 Å². The maximum atomic E-state index is 13.5. The van der Waals surface area contributed by atoms with Crippen molar-refractivity contribution >= 4 is 0 Å². The molecule has 0 aliphatic carbocycles. The first kappa shape index (κ1) is 16.0. The van der Waals surface area contributed by atoms with E-state index < -0.39 is 0 Å². The monoisotopic (exact) mass is 314 g/mol. The maximum Gasteiger partial charge on any atom is 0.129 e. The van der Waals surface area contributed by atoms with E-state index in [1.165, 1.54) is 18.1 Å². The van der Waals surface area contributed by atoms with Gasteiger partial charge in [0.2, 0.25) is 0 Å². The molecule has 2 aromatic rings. The molecule has 0 spiro atoms. The van der Waals surface area contributed by atoms with Crippen molar-refractivity contribution in [2.24, 2.45) is 5.92 Å². The average Bonchev–Trinajstić information content (AvgIpc) is 2.57. The number of hydrogen-bond acceptors (Lipinski definition) is 2. The zero-order valence-corrected chi connectivity index (χ0v) is 13.7. The van der Waals surface area contributed by atoms with Gasteiger partial charge >= 0.3 is 0 Å². The minimum atomic E-state index is -0.235. The van der Waals surface area contributed by atoms with E-state index in [4.69, 9.17) is 9.47 Å². The van der Waals surface area contributed by atoms with E-state index >= 15 is 0 Å². The summed E-state index contributed by atoms with van der Waals surface area (Å²) in [6.45, 7) is 5.25. The van der Waals surface area contributed by atoms with Gasteiger partial charge in [-0.25, -0.2) is 4.39 Å². The minimum absolute atomic E-state index is 0.215. The molecular formula is C20H23FO2. The van der Waals surface area contributed by atoms with Crippen LogP contribution in [0, 0.1) is 18.7 Å². The predicted molar refractivity (Wildman–Crippen MR) is 89.0 cm³/mol. The van der Waals surface area contributed by atoms with Crippen molar-refractivity contribution in [3.8, 4) is 5.75 Å². The molecule has 1 saturated heterocycles. The average molecular weight is 314 g/mol. The summed E-state index contributed by atoms with van der Waals surface area (Å²) in [5.41, 5.74) is 2.92. The van der Waals surface area contributed by atoms with E-state index in [2.05, 4.69) is 31.2 Å². The van der Waals surface area contributed by atoms with Crippen molar-refractivity contribution in [1.29, 1.82) is 0 Å². The summed E-state index contributed by atoms with van der Waals surface area (Å²) < 4.78 is 25.1. The summed E-state index contributed by atoms with van der Waals surface area (Å²) in [5, 5.41) is 0. The summed E-state index contributed by atoms with van der Waals surface area (Å²) in [6, 6.07) is 13.3. The predicted octanol–water partition coefficient (Wildman–Crippen LogP) is 5.20. The van der Waals surface area contributed by atoms with E-state index in [-0.39, 0.29) is 11.9 Å². The lowest BCUT2D eigenvalue weighted by molar-refractivity contribution is -0.0123. The Morgan fingerprint density at radius 3 is 2.57 bits per heavy atom. The summed E-state index contributed by atoms with van der Waals surface area (Å²) in [4.78, 5) is 0. The highest BCUT2D eigenvalue weighted by Crippen LogP contribution is 2.30. The van der Waals surface area contributed by atoms with Gasteiger partial charge in [-0.1, -0.05) is 37.3 Å². The second-order valence-electron chi connectivity index (χ2n) is 6.45. The molecule has 122 valence electrons. The minimum Gasteiger partial charge on any atom is -0.489 e. The van der Waals surface area contributed by atoms with Crippen LogP contribution in [0.4, 0.5) is 4.39 Å².